The van der Waals surface area contributed by atoms with Gasteiger partial charge in [-0.3, -0.25) is 4.79 Å². The molecule has 3 rings (SSSR count). The number of ketones is 1. The third-order valence-electron chi connectivity index (χ3n) is 3.89. The fourth-order valence-electron chi connectivity index (χ4n) is 3.04. The van der Waals surface area contributed by atoms with Gasteiger partial charge in [0.15, 0.2) is 11.4 Å². The van der Waals surface area contributed by atoms with Crippen molar-refractivity contribution >= 4 is 5.78 Å². The molecule has 2 atom stereocenters. The molecule has 2 heteroatoms. The van der Waals surface area contributed by atoms with Crippen molar-refractivity contribution in [3.63, 3.8) is 0 Å². The fraction of sp³-hybridized carbons (Fsp3) is 0.533. The summed E-state index contributed by atoms with van der Waals surface area (Å²) in [5, 5.41) is 0. The summed E-state index contributed by atoms with van der Waals surface area (Å²) < 4.78 is 5.83. The predicted octanol–water partition coefficient (Wildman–Crippen LogP) is 3.00. The van der Waals surface area contributed by atoms with Gasteiger partial charge in [-0.05, 0) is 23.8 Å². The van der Waals surface area contributed by atoms with Crippen LogP contribution in [0.1, 0.15) is 43.1 Å². The SMILES string of the molecule is CC(C)(C)[C@H]1O[C@@]12CCc1ccccc1C2=O. The van der Waals surface area contributed by atoms with E-state index in [4.69, 9.17) is 4.74 Å². The maximum absolute atomic E-state index is 12.5. The molecule has 2 nitrogen and oxygen atoms in total. The lowest BCUT2D eigenvalue weighted by Crippen LogP contribution is -2.36. The molecule has 0 amide bonds. The molecule has 1 aliphatic carbocycles. The molecule has 2 aliphatic rings. The average molecular weight is 230 g/mol. The van der Waals surface area contributed by atoms with E-state index in [1.54, 1.807) is 0 Å². The van der Waals surface area contributed by atoms with Crippen LogP contribution in [0.25, 0.3) is 0 Å². The molecule has 0 unspecified atom stereocenters. The van der Waals surface area contributed by atoms with Crippen LogP contribution in [0, 0.1) is 5.41 Å². The van der Waals surface area contributed by atoms with Gasteiger partial charge in [-0.15, -0.1) is 0 Å². The Labute approximate surface area is 102 Å². The number of benzene rings is 1. The summed E-state index contributed by atoms with van der Waals surface area (Å²) in [4.78, 5) is 12.5. The first kappa shape index (κ1) is 11.0. The number of hydrogen-bond acceptors (Lipinski definition) is 2. The number of ether oxygens (including phenoxy) is 1. The second kappa shape index (κ2) is 3.20. The molecule has 0 radical (unpaired) electrons. The van der Waals surface area contributed by atoms with E-state index in [2.05, 4.69) is 26.8 Å². The van der Waals surface area contributed by atoms with E-state index in [1.165, 1.54) is 5.56 Å². The van der Waals surface area contributed by atoms with Crippen molar-refractivity contribution in [3.05, 3.63) is 35.4 Å². The van der Waals surface area contributed by atoms with Gasteiger partial charge in [0, 0.05) is 5.56 Å². The summed E-state index contributed by atoms with van der Waals surface area (Å²) >= 11 is 0. The topological polar surface area (TPSA) is 29.6 Å². The number of fused-ring (bicyclic) bond motifs is 1. The number of epoxide rings is 1. The van der Waals surface area contributed by atoms with Gasteiger partial charge in [0.05, 0.1) is 0 Å². The summed E-state index contributed by atoms with van der Waals surface area (Å²) in [6.07, 6.45) is 1.87. The lowest BCUT2D eigenvalue weighted by Gasteiger charge is -2.24. The van der Waals surface area contributed by atoms with E-state index < -0.39 is 5.60 Å². The van der Waals surface area contributed by atoms with Gasteiger partial charge in [-0.25, -0.2) is 0 Å². The minimum atomic E-state index is -0.507. The highest BCUT2D eigenvalue weighted by atomic mass is 16.6. The molecule has 1 aromatic rings. The Balaban J connectivity index is 1.97. The highest BCUT2D eigenvalue weighted by Crippen LogP contribution is 2.53. The third kappa shape index (κ3) is 1.47. The molecule has 1 aromatic carbocycles. The van der Waals surface area contributed by atoms with Gasteiger partial charge in [0.1, 0.15) is 6.10 Å². The lowest BCUT2D eigenvalue weighted by atomic mass is 9.75. The molecular weight excluding hydrogens is 212 g/mol. The summed E-state index contributed by atoms with van der Waals surface area (Å²) in [7, 11) is 0. The Bertz CT molecular complexity index is 484. The predicted molar refractivity (Wildman–Crippen MR) is 66.2 cm³/mol. The molecule has 1 aliphatic heterocycles. The Morgan fingerprint density at radius 1 is 1.29 bits per heavy atom. The van der Waals surface area contributed by atoms with E-state index in [0.717, 1.165) is 18.4 Å². The lowest BCUT2D eigenvalue weighted by molar-refractivity contribution is 0.0850. The molecule has 1 saturated heterocycles. The van der Waals surface area contributed by atoms with Gasteiger partial charge in [-0.2, -0.15) is 0 Å². The number of Topliss-reactive ketones (excluding diaryl/α,β-unsaturated/α-hetero) is 1. The van der Waals surface area contributed by atoms with E-state index in [9.17, 15) is 4.79 Å². The quantitative estimate of drug-likeness (QED) is 0.641. The minimum absolute atomic E-state index is 0.0436. The molecule has 17 heavy (non-hydrogen) atoms. The second-order valence-corrected chi connectivity index (χ2v) is 6.24. The highest BCUT2D eigenvalue weighted by molar-refractivity contribution is 6.07. The molecule has 0 N–H and O–H groups in total. The number of hydrogen-bond donors (Lipinski definition) is 0. The van der Waals surface area contributed by atoms with Gasteiger partial charge in [-0.1, -0.05) is 45.0 Å². The zero-order valence-electron chi connectivity index (χ0n) is 10.6. The van der Waals surface area contributed by atoms with E-state index in [1.807, 2.05) is 18.2 Å². The monoisotopic (exact) mass is 230 g/mol. The maximum atomic E-state index is 12.5. The van der Waals surface area contributed by atoms with Crippen LogP contribution in [0.15, 0.2) is 24.3 Å². The minimum Gasteiger partial charge on any atom is -0.357 e. The Kier molecular flexibility index (Phi) is 2.06. The molecule has 0 aromatic heterocycles. The van der Waals surface area contributed by atoms with Crippen LogP contribution in [0.3, 0.4) is 0 Å². The Hall–Kier alpha value is -1.15. The van der Waals surface area contributed by atoms with Crippen molar-refractivity contribution in [1.29, 1.82) is 0 Å². The van der Waals surface area contributed by atoms with Crippen molar-refractivity contribution < 1.29 is 9.53 Å². The van der Waals surface area contributed by atoms with E-state index in [0.29, 0.717) is 0 Å². The fourth-order valence-corrected chi connectivity index (χ4v) is 3.04. The maximum Gasteiger partial charge on any atom is 0.197 e. The normalized spacial score (nSPS) is 31.5. The molecule has 90 valence electrons. The standard InChI is InChI=1S/C15H18O2/c1-14(2,3)13-15(17-13)9-8-10-6-4-5-7-11(10)12(15)16/h4-7,13H,8-9H2,1-3H3/t13-,15-/m1/s1. The summed E-state index contributed by atoms with van der Waals surface area (Å²) in [6, 6.07) is 7.91. The zero-order chi connectivity index (χ0) is 12.3. The number of rotatable bonds is 0. The molecular formula is C15H18O2. The summed E-state index contributed by atoms with van der Waals surface area (Å²) in [5.74, 6) is 0.194. The summed E-state index contributed by atoms with van der Waals surface area (Å²) in [5.41, 5.74) is 1.57. The van der Waals surface area contributed by atoms with Crippen LogP contribution in [0.2, 0.25) is 0 Å². The summed E-state index contributed by atoms with van der Waals surface area (Å²) in [6.45, 7) is 6.42. The second-order valence-electron chi connectivity index (χ2n) is 6.24. The number of carbonyl (C=O) groups excluding carboxylic acids is 1. The zero-order valence-corrected chi connectivity index (χ0v) is 10.6. The van der Waals surface area contributed by atoms with Crippen LogP contribution in [-0.2, 0) is 11.2 Å². The van der Waals surface area contributed by atoms with E-state index in [-0.39, 0.29) is 17.3 Å². The van der Waals surface area contributed by atoms with Crippen LogP contribution in [0.4, 0.5) is 0 Å². The molecule has 0 saturated carbocycles. The van der Waals surface area contributed by atoms with Crippen molar-refractivity contribution in [2.24, 2.45) is 5.41 Å². The number of aryl methyl sites for hydroxylation is 1. The highest BCUT2D eigenvalue weighted by Gasteiger charge is 2.66. The van der Waals surface area contributed by atoms with Crippen LogP contribution >= 0.6 is 0 Å². The molecule has 1 fully saturated rings. The number of carbonyl (C=O) groups is 1. The van der Waals surface area contributed by atoms with Gasteiger partial charge in [0.2, 0.25) is 0 Å². The Morgan fingerprint density at radius 2 is 2.00 bits per heavy atom. The molecule has 1 heterocycles. The average Bonchev–Trinajstić information content (AvgIpc) is 3.00. The smallest absolute Gasteiger partial charge is 0.197 e. The van der Waals surface area contributed by atoms with Gasteiger partial charge < -0.3 is 4.74 Å². The van der Waals surface area contributed by atoms with E-state index >= 15 is 0 Å². The van der Waals surface area contributed by atoms with Crippen LogP contribution < -0.4 is 0 Å². The first-order valence-electron chi connectivity index (χ1n) is 6.26. The van der Waals surface area contributed by atoms with Crippen LogP contribution in [-0.4, -0.2) is 17.5 Å². The van der Waals surface area contributed by atoms with Crippen molar-refractivity contribution in [3.8, 4) is 0 Å². The molecule has 1 spiro atoms. The molecule has 0 bridgehead atoms. The first-order chi connectivity index (χ1) is 7.95. The first-order valence-corrected chi connectivity index (χ1v) is 6.26. The van der Waals surface area contributed by atoms with Gasteiger partial charge in [0.25, 0.3) is 0 Å². The van der Waals surface area contributed by atoms with Crippen molar-refractivity contribution in [2.45, 2.75) is 45.3 Å². The largest absolute Gasteiger partial charge is 0.357 e. The van der Waals surface area contributed by atoms with Crippen molar-refractivity contribution in [2.75, 3.05) is 0 Å². The third-order valence-corrected chi connectivity index (χ3v) is 3.89. The van der Waals surface area contributed by atoms with Crippen LogP contribution in [0.5, 0.6) is 0 Å². The van der Waals surface area contributed by atoms with Crippen molar-refractivity contribution in [1.82, 2.24) is 0 Å². The van der Waals surface area contributed by atoms with Gasteiger partial charge >= 0.3 is 0 Å². The Morgan fingerprint density at radius 3 is 2.65 bits per heavy atom.